The Kier molecular flexibility index (Phi) is 3.08. The molecule has 1 heterocycles. The third-order valence-electron chi connectivity index (χ3n) is 1.71. The van der Waals surface area contributed by atoms with Crippen LogP contribution in [-0.2, 0) is 13.1 Å². The van der Waals surface area contributed by atoms with E-state index in [9.17, 15) is 0 Å². The van der Waals surface area contributed by atoms with E-state index in [0.717, 1.165) is 13.1 Å². The Morgan fingerprint density at radius 2 is 2.27 bits per heavy atom. The number of nitrogens with zero attached hydrogens (tertiary/aromatic N) is 3. The molecule has 0 spiro atoms. The molecule has 0 amide bonds. The van der Waals surface area contributed by atoms with E-state index in [1.54, 1.807) is 0 Å². The molecule has 3 nitrogen and oxygen atoms in total. The van der Waals surface area contributed by atoms with E-state index in [-0.39, 0.29) is 0 Å². The normalized spacial score (nSPS) is 10.4. The zero-order valence-electron chi connectivity index (χ0n) is 7.32. The van der Waals surface area contributed by atoms with Crippen LogP contribution in [0.5, 0.6) is 0 Å². The Labute approximate surface area is 67.6 Å². The summed E-state index contributed by atoms with van der Waals surface area (Å²) >= 11 is 0. The third kappa shape index (κ3) is 2.33. The summed E-state index contributed by atoms with van der Waals surface area (Å²) in [6.07, 6.45) is 6.48. The summed E-state index contributed by atoms with van der Waals surface area (Å²) in [5.74, 6) is 0. The van der Waals surface area contributed by atoms with Gasteiger partial charge in [-0.25, -0.2) is 0 Å². The molecule has 0 radical (unpaired) electrons. The summed E-state index contributed by atoms with van der Waals surface area (Å²) in [5.41, 5.74) is 0. The Hall–Kier alpha value is -0.860. The maximum absolute atomic E-state index is 4.30. The Morgan fingerprint density at radius 1 is 1.45 bits per heavy atom. The van der Waals surface area contributed by atoms with Crippen molar-refractivity contribution in [3.05, 3.63) is 12.4 Å². The number of hydrogen-bond acceptors (Lipinski definition) is 1. The second-order valence-corrected chi connectivity index (χ2v) is 2.66. The molecule has 0 N–H and O–H groups in total. The van der Waals surface area contributed by atoms with E-state index in [1.165, 1.54) is 12.8 Å². The van der Waals surface area contributed by atoms with Gasteiger partial charge in [0.25, 0.3) is 0 Å². The monoisotopic (exact) mass is 154 g/mol. The highest BCUT2D eigenvalue weighted by Gasteiger charge is 2.01. The maximum Gasteiger partial charge on any atom is 0.155 e. The predicted molar refractivity (Wildman–Crippen MR) is 43.0 cm³/mol. The highest BCUT2D eigenvalue weighted by Crippen LogP contribution is 1.89. The number of aromatic nitrogens is 3. The van der Waals surface area contributed by atoms with Crippen molar-refractivity contribution in [3.8, 4) is 0 Å². The summed E-state index contributed by atoms with van der Waals surface area (Å²) in [7, 11) is 0. The Morgan fingerprint density at radius 3 is 2.82 bits per heavy atom. The highest BCUT2D eigenvalue weighted by molar-refractivity contribution is 4.57. The molecular formula is C8H16N3+. The molecule has 0 aliphatic carbocycles. The lowest BCUT2D eigenvalue weighted by Crippen LogP contribution is -2.34. The molecule has 11 heavy (non-hydrogen) atoms. The van der Waals surface area contributed by atoms with Gasteiger partial charge in [-0.05, 0) is 13.3 Å². The summed E-state index contributed by atoms with van der Waals surface area (Å²) in [6, 6.07) is 0. The van der Waals surface area contributed by atoms with Gasteiger partial charge in [0.15, 0.2) is 12.4 Å². The van der Waals surface area contributed by atoms with Crippen molar-refractivity contribution in [2.75, 3.05) is 0 Å². The molecule has 0 atom stereocenters. The molecule has 62 valence electrons. The quantitative estimate of drug-likeness (QED) is 0.593. The minimum absolute atomic E-state index is 0.957. The fourth-order valence-corrected chi connectivity index (χ4v) is 0.969. The lowest BCUT2D eigenvalue weighted by molar-refractivity contribution is -0.752. The standard InChI is InChI=1S/C8H16N3/c1-3-5-6-11-8-7-10(4-2)9-11/h7-8H,3-6H2,1-2H3/q+1. The summed E-state index contributed by atoms with van der Waals surface area (Å²) in [6.45, 7) is 6.29. The molecule has 0 bridgehead atoms. The van der Waals surface area contributed by atoms with Crippen LogP contribution in [0.1, 0.15) is 26.7 Å². The van der Waals surface area contributed by atoms with Crippen LogP contribution in [0, 0.1) is 0 Å². The molecule has 0 aliphatic heterocycles. The molecule has 1 aromatic rings. The third-order valence-corrected chi connectivity index (χ3v) is 1.71. The Bertz CT molecular complexity index is 205. The van der Waals surface area contributed by atoms with Crippen LogP contribution in [0.3, 0.4) is 0 Å². The van der Waals surface area contributed by atoms with Crippen molar-refractivity contribution in [1.82, 2.24) is 9.90 Å². The van der Waals surface area contributed by atoms with E-state index < -0.39 is 0 Å². The molecule has 0 aliphatic rings. The number of aryl methyl sites for hydroxylation is 2. The van der Waals surface area contributed by atoms with Crippen molar-refractivity contribution in [2.24, 2.45) is 0 Å². The van der Waals surface area contributed by atoms with Crippen molar-refractivity contribution in [1.29, 1.82) is 0 Å². The summed E-state index contributed by atoms with van der Waals surface area (Å²) in [5, 5.41) is 4.30. The zero-order valence-corrected chi connectivity index (χ0v) is 7.32. The summed E-state index contributed by atoms with van der Waals surface area (Å²) in [4.78, 5) is 0. The van der Waals surface area contributed by atoms with Crippen LogP contribution in [-0.4, -0.2) is 9.90 Å². The molecule has 1 aromatic heterocycles. The van der Waals surface area contributed by atoms with Crippen molar-refractivity contribution in [3.63, 3.8) is 0 Å². The van der Waals surface area contributed by atoms with Gasteiger partial charge in [-0.3, -0.25) is 0 Å². The SMILES string of the molecule is CCCCn1cc[n+](CC)n1. The average molecular weight is 154 g/mol. The predicted octanol–water partition coefficient (Wildman–Crippen LogP) is 0.991. The molecule has 0 aromatic carbocycles. The highest BCUT2D eigenvalue weighted by atomic mass is 15.5. The van der Waals surface area contributed by atoms with E-state index in [2.05, 4.69) is 19.1 Å². The first kappa shape index (κ1) is 8.24. The van der Waals surface area contributed by atoms with Crippen LogP contribution in [0.25, 0.3) is 0 Å². The first-order chi connectivity index (χ1) is 5.36. The van der Waals surface area contributed by atoms with Crippen LogP contribution < -0.4 is 4.68 Å². The minimum atomic E-state index is 0.957. The first-order valence-electron chi connectivity index (χ1n) is 4.30. The Balaban J connectivity index is 2.44. The molecular weight excluding hydrogens is 138 g/mol. The van der Waals surface area contributed by atoms with Crippen LogP contribution in [0.2, 0.25) is 0 Å². The van der Waals surface area contributed by atoms with Crippen LogP contribution in [0.15, 0.2) is 12.4 Å². The smallest absolute Gasteiger partial charge is 0.138 e. The second kappa shape index (κ2) is 4.11. The topological polar surface area (TPSA) is 21.7 Å². The van der Waals surface area contributed by atoms with E-state index >= 15 is 0 Å². The van der Waals surface area contributed by atoms with Gasteiger partial charge in [0.05, 0.1) is 5.21 Å². The molecule has 0 saturated heterocycles. The van der Waals surface area contributed by atoms with Crippen molar-refractivity contribution < 1.29 is 4.68 Å². The summed E-state index contributed by atoms with van der Waals surface area (Å²) < 4.78 is 3.93. The zero-order chi connectivity index (χ0) is 8.10. The minimum Gasteiger partial charge on any atom is -0.138 e. The van der Waals surface area contributed by atoms with Gasteiger partial charge in [0, 0.05) is 0 Å². The van der Waals surface area contributed by atoms with Crippen LogP contribution >= 0.6 is 0 Å². The molecule has 0 unspecified atom stereocenters. The maximum atomic E-state index is 4.30. The molecule has 1 rings (SSSR count). The van der Waals surface area contributed by atoms with Gasteiger partial charge < -0.3 is 0 Å². The lowest BCUT2D eigenvalue weighted by Gasteiger charge is -1.88. The fourth-order valence-electron chi connectivity index (χ4n) is 0.969. The molecule has 0 fully saturated rings. The first-order valence-corrected chi connectivity index (χ1v) is 4.30. The number of hydrogen-bond donors (Lipinski definition) is 0. The van der Waals surface area contributed by atoms with Gasteiger partial charge in [0.2, 0.25) is 0 Å². The van der Waals surface area contributed by atoms with E-state index in [0.29, 0.717) is 0 Å². The van der Waals surface area contributed by atoms with Gasteiger partial charge in [-0.15, -0.1) is 9.36 Å². The second-order valence-electron chi connectivity index (χ2n) is 2.66. The van der Waals surface area contributed by atoms with E-state index in [4.69, 9.17) is 0 Å². The van der Waals surface area contributed by atoms with Crippen molar-refractivity contribution in [2.45, 2.75) is 39.8 Å². The van der Waals surface area contributed by atoms with E-state index in [1.807, 2.05) is 21.8 Å². The van der Waals surface area contributed by atoms with Gasteiger partial charge in [0.1, 0.15) is 13.1 Å². The van der Waals surface area contributed by atoms with Gasteiger partial charge in [-0.1, -0.05) is 13.3 Å². The molecule has 3 heteroatoms. The van der Waals surface area contributed by atoms with Crippen LogP contribution in [0.4, 0.5) is 0 Å². The molecule has 0 saturated carbocycles. The van der Waals surface area contributed by atoms with Gasteiger partial charge in [-0.2, -0.15) is 0 Å². The largest absolute Gasteiger partial charge is 0.155 e. The number of rotatable bonds is 4. The van der Waals surface area contributed by atoms with Gasteiger partial charge >= 0.3 is 0 Å². The fraction of sp³-hybridized carbons (Fsp3) is 0.750. The lowest BCUT2D eigenvalue weighted by atomic mass is 10.3. The number of unbranched alkanes of at least 4 members (excludes halogenated alkanes) is 1. The van der Waals surface area contributed by atoms with Crippen molar-refractivity contribution >= 4 is 0 Å². The average Bonchev–Trinajstić information content (AvgIpc) is 2.48.